The maximum atomic E-state index is 11.3. The number of ketones is 1. The fourth-order valence-electron chi connectivity index (χ4n) is 1.15. The van der Waals surface area contributed by atoms with E-state index in [0.29, 0.717) is 13.0 Å². The Labute approximate surface area is 139 Å². The molecule has 0 fully saturated rings. The molecule has 5 nitrogen and oxygen atoms in total. The zero-order valence-corrected chi connectivity index (χ0v) is 14.1. The number of esters is 1. The number of hydrogen-bond acceptors (Lipinski definition) is 5. The summed E-state index contributed by atoms with van der Waals surface area (Å²) < 4.78 is 4.84. The molecule has 0 aromatic rings. The Bertz CT molecular complexity index is 305. The summed E-state index contributed by atoms with van der Waals surface area (Å²) in [6.45, 7) is 2.54. The van der Waals surface area contributed by atoms with Crippen molar-refractivity contribution in [1.29, 1.82) is 0 Å². The molecule has 2 N–H and O–H groups in total. The van der Waals surface area contributed by atoms with Crippen LogP contribution in [0, 0.1) is 5.92 Å². The predicted octanol–water partition coefficient (Wildman–Crippen LogP) is 0.917. The average Bonchev–Trinajstić information content (AvgIpc) is 2.38. The van der Waals surface area contributed by atoms with Crippen LogP contribution in [0.2, 0.25) is 0 Å². The summed E-state index contributed by atoms with van der Waals surface area (Å²) in [6, 6.07) is 0. The molecule has 0 aliphatic carbocycles. The summed E-state index contributed by atoms with van der Waals surface area (Å²) in [5, 5.41) is 0. The molecule has 0 aliphatic heterocycles. The van der Waals surface area contributed by atoms with Gasteiger partial charge in [-0.15, -0.1) is 5.92 Å². The van der Waals surface area contributed by atoms with Crippen molar-refractivity contribution in [3.63, 3.8) is 0 Å². The van der Waals surface area contributed by atoms with Crippen LogP contribution in [0.5, 0.6) is 0 Å². The Balaban J connectivity index is 0. The minimum absolute atomic E-state index is 0. The van der Waals surface area contributed by atoms with Crippen molar-refractivity contribution in [2.24, 2.45) is 11.7 Å². The Morgan fingerprint density at radius 1 is 1.37 bits per heavy atom. The summed E-state index contributed by atoms with van der Waals surface area (Å²) in [7, 11) is 0. The van der Waals surface area contributed by atoms with Crippen LogP contribution in [0.15, 0.2) is 12.2 Å². The number of carbonyl (C=O) groups excluding carboxylic acids is 3. The van der Waals surface area contributed by atoms with Gasteiger partial charge in [-0.25, -0.2) is 4.79 Å². The minimum Gasteiger partial charge on any atom is -0.541 e. The van der Waals surface area contributed by atoms with Crippen molar-refractivity contribution < 1.29 is 51.8 Å². The predicted molar refractivity (Wildman–Crippen MR) is 67.5 cm³/mol. The molecule has 6 heteroatoms. The van der Waals surface area contributed by atoms with E-state index in [1.165, 1.54) is 6.08 Å². The van der Waals surface area contributed by atoms with Crippen LogP contribution in [0.4, 0.5) is 0 Å². The van der Waals surface area contributed by atoms with Gasteiger partial charge in [-0.3, -0.25) is 11.1 Å². The fraction of sp³-hybridized carbons (Fsp3) is 0.615. The van der Waals surface area contributed by atoms with Crippen molar-refractivity contribution >= 4 is 18.0 Å². The molecule has 0 aromatic carbocycles. The smallest absolute Gasteiger partial charge is 0.330 e. The molecule has 0 amide bonds. The molecule has 0 bridgehead atoms. The van der Waals surface area contributed by atoms with Gasteiger partial charge < -0.3 is 15.3 Å². The Kier molecular flexibility index (Phi) is 15.5. The summed E-state index contributed by atoms with van der Waals surface area (Å²) in [6.07, 6.45) is 6.33. The average molecular weight is 343 g/mol. The maximum Gasteiger partial charge on any atom is 0.330 e. The molecule has 0 spiro atoms. The van der Waals surface area contributed by atoms with E-state index in [-0.39, 0.29) is 51.5 Å². The third-order valence-electron chi connectivity index (χ3n) is 2.34. The van der Waals surface area contributed by atoms with Gasteiger partial charge in [0.2, 0.25) is 0 Å². The first-order chi connectivity index (χ1) is 8.63. The van der Waals surface area contributed by atoms with Crippen molar-refractivity contribution in [2.45, 2.75) is 32.6 Å². The van der Waals surface area contributed by atoms with E-state index in [1.807, 2.05) is 6.92 Å². The Morgan fingerprint density at radius 3 is 2.58 bits per heavy atom. The Morgan fingerprint density at radius 2 is 2.05 bits per heavy atom. The van der Waals surface area contributed by atoms with Crippen molar-refractivity contribution in [3.05, 3.63) is 12.2 Å². The Hall–Kier alpha value is -0.386. The van der Waals surface area contributed by atoms with Gasteiger partial charge in [0.15, 0.2) is 5.78 Å². The molecule has 19 heavy (non-hydrogen) atoms. The van der Waals surface area contributed by atoms with E-state index >= 15 is 0 Å². The maximum absolute atomic E-state index is 11.3. The number of ether oxygens (including phenoxy) is 1. The molecule has 1 unspecified atom stereocenters. The first-order valence-corrected chi connectivity index (χ1v) is 6.09. The van der Waals surface area contributed by atoms with Gasteiger partial charge in [-0.2, -0.15) is 0 Å². The molecule has 1 atom stereocenters. The summed E-state index contributed by atoms with van der Waals surface area (Å²) in [5.41, 5.74) is 5.29. The van der Waals surface area contributed by atoms with Gasteiger partial charge >= 0.3 is 5.97 Å². The normalized spacial score (nSPS) is 11.7. The van der Waals surface area contributed by atoms with Gasteiger partial charge in [0, 0.05) is 45.2 Å². The van der Waals surface area contributed by atoms with Gasteiger partial charge in [-0.1, -0.05) is 19.8 Å². The van der Waals surface area contributed by atoms with Crippen LogP contribution in [-0.2, 0) is 51.8 Å². The van der Waals surface area contributed by atoms with Gasteiger partial charge in [0.25, 0.3) is 0 Å². The van der Waals surface area contributed by atoms with Crippen molar-refractivity contribution in [1.82, 2.24) is 0 Å². The van der Waals surface area contributed by atoms with E-state index in [1.54, 1.807) is 6.29 Å². The van der Waals surface area contributed by atoms with Crippen LogP contribution in [0.1, 0.15) is 32.6 Å². The first-order valence-electron chi connectivity index (χ1n) is 6.09. The van der Waals surface area contributed by atoms with E-state index < -0.39 is 11.9 Å². The molecule has 0 saturated carbocycles. The van der Waals surface area contributed by atoms with Gasteiger partial charge in [0.1, 0.15) is 0 Å². The second-order valence-corrected chi connectivity index (χ2v) is 3.91. The van der Waals surface area contributed by atoms with E-state index in [0.717, 1.165) is 18.9 Å². The summed E-state index contributed by atoms with van der Waals surface area (Å²) >= 11 is 0. The summed E-state index contributed by atoms with van der Waals surface area (Å²) in [5.74, 6) is -1.16. The number of nitrogens with two attached hydrogens (primary N) is 1. The molecule has 0 saturated heterocycles. The molecule has 0 aliphatic rings. The van der Waals surface area contributed by atoms with Gasteiger partial charge in [-0.05, 0) is 19.0 Å². The van der Waals surface area contributed by atoms with Crippen LogP contribution in [-0.4, -0.2) is 31.2 Å². The number of carbonyl (C=O) groups is 2. The van der Waals surface area contributed by atoms with Crippen LogP contribution in [0.3, 0.4) is 0 Å². The number of rotatable bonds is 10. The molecular weight excluding hydrogens is 323 g/mol. The fourth-order valence-corrected chi connectivity index (χ4v) is 1.15. The second kappa shape index (κ2) is 14.0. The zero-order valence-electron chi connectivity index (χ0n) is 11.3. The first kappa shape index (κ1) is 20.9. The van der Waals surface area contributed by atoms with Crippen molar-refractivity contribution in [3.8, 4) is 0 Å². The number of hydrogen-bond donors (Lipinski definition) is 1. The third kappa shape index (κ3) is 12.4. The topological polar surface area (TPSA) is 86.5 Å². The van der Waals surface area contributed by atoms with E-state index in [9.17, 15) is 14.4 Å². The molecule has 0 heterocycles. The molecular formula is C13H20NO4Y-. The minimum atomic E-state index is -0.519. The largest absolute Gasteiger partial charge is 0.541 e. The SMILES string of the molecule is CCCCOC(=O)/C=C/C(=O)CCC([C-]=O)CN.[Y]. The molecule has 105 valence electrons. The van der Waals surface area contributed by atoms with Crippen LogP contribution < -0.4 is 5.73 Å². The van der Waals surface area contributed by atoms with E-state index in [4.69, 9.17) is 10.5 Å². The quantitative estimate of drug-likeness (QED) is 0.276. The zero-order chi connectivity index (χ0) is 13.8. The van der Waals surface area contributed by atoms with Crippen molar-refractivity contribution in [2.75, 3.05) is 13.2 Å². The third-order valence-corrected chi connectivity index (χ3v) is 2.34. The van der Waals surface area contributed by atoms with Gasteiger partial charge in [0.05, 0.1) is 6.61 Å². The number of unbranched alkanes of at least 4 members (excludes halogenated alkanes) is 1. The summed E-state index contributed by atoms with van der Waals surface area (Å²) in [4.78, 5) is 32.8. The molecule has 0 rings (SSSR count). The van der Waals surface area contributed by atoms with Crippen LogP contribution >= 0.6 is 0 Å². The van der Waals surface area contributed by atoms with Crippen LogP contribution in [0.25, 0.3) is 0 Å². The number of allylic oxidation sites excluding steroid dienone is 1. The molecule has 1 radical (unpaired) electrons. The standard InChI is InChI=1S/C13H20NO4.Y/c1-2-3-8-18-13(17)7-6-12(16)5-4-11(9-14)10-15;/h6-7,11H,2-5,8-9,14H2,1H3;/q-1;/b7-6+;. The second-order valence-electron chi connectivity index (χ2n) is 3.91. The monoisotopic (exact) mass is 343 g/mol. The van der Waals surface area contributed by atoms with E-state index in [2.05, 4.69) is 0 Å². The molecule has 0 aromatic heterocycles.